The standard InChI is InChI=1S/C26H23N5O/c32-26(19-9-3-1-4-10-19)31-16-8-14-23(31)25-29-22(20-11-7-15-27-18-20)17-24(30-25)28-21-12-5-2-6-13-21/h1-7,9-13,15,17-18,23H,8,14,16H2,(H,28,29,30)/t23-/m1/s1. The van der Waals surface area contributed by atoms with E-state index in [9.17, 15) is 4.79 Å². The Kier molecular flexibility index (Phi) is 5.58. The minimum Gasteiger partial charge on any atom is -0.340 e. The van der Waals surface area contributed by atoms with Gasteiger partial charge < -0.3 is 10.2 Å². The van der Waals surface area contributed by atoms with Gasteiger partial charge in [0.2, 0.25) is 0 Å². The Morgan fingerprint density at radius 3 is 2.47 bits per heavy atom. The fourth-order valence-electron chi connectivity index (χ4n) is 4.04. The van der Waals surface area contributed by atoms with Gasteiger partial charge >= 0.3 is 0 Å². The topological polar surface area (TPSA) is 71.0 Å². The van der Waals surface area contributed by atoms with Crippen LogP contribution in [-0.2, 0) is 0 Å². The van der Waals surface area contributed by atoms with Crippen molar-refractivity contribution in [3.8, 4) is 11.3 Å². The lowest BCUT2D eigenvalue weighted by molar-refractivity contribution is 0.0730. The minimum absolute atomic E-state index is 0.0149. The Morgan fingerprint density at radius 1 is 0.938 bits per heavy atom. The smallest absolute Gasteiger partial charge is 0.254 e. The van der Waals surface area contributed by atoms with Crippen molar-refractivity contribution >= 4 is 17.4 Å². The van der Waals surface area contributed by atoms with Gasteiger partial charge in [-0.2, -0.15) is 0 Å². The fourth-order valence-corrected chi connectivity index (χ4v) is 4.04. The first-order valence-electron chi connectivity index (χ1n) is 10.8. The van der Waals surface area contributed by atoms with E-state index in [-0.39, 0.29) is 11.9 Å². The Balaban J connectivity index is 1.53. The second-order valence-corrected chi connectivity index (χ2v) is 7.75. The van der Waals surface area contributed by atoms with E-state index in [1.807, 2.05) is 83.8 Å². The molecule has 158 valence electrons. The van der Waals surface area contributed by atoms with Crippen LogP contribution in [0.15, 0.2) is 91.3 Å². The van der Waals surface area contributed by atoms with E-state index in [4.69, 9.17) is 9.97 Å². The maximum absolute atomic E-state index is 13.2. The molecular formula is C26H23N5O. The number of benzene rings is 2. The molecule has 5 rings (SSSR count). The number of hydrogen-bond donors (Lipinski definition) is 1. The van der Waals surface area contributed by atoms with Crippen LogP contribution in [0.25, 0.3) is 11.3 Å². The summed E-state index contributed by atoms with van der Waals surface area (Å²) in [7, 11) is 0. The third-order valence-corrected chi connectivity index (χ3v) is 5.58. The molecule has 1 aliphatic heterocycles. The Labute approximate surface area is 187 Å². The number of carbonyl (C=O) groups is 1. The number of pyridine rings is 1. The summed E-state index contributed by atoms with van der Waals surface area (Å²) < 4.78 is 0. The molecule has 0 unspecified atom stereocenters. The summed E-state index contributed by atoms with van der Waals surface area (Å²) in [4.78, 5) is 29.0. The molecule has 1 saturated heterocycles. The van der Waals surface area contributed by atoms with Crippen molar-refractivity contribution in [2.45, 2.75) is 18.9 Å². The van der Waals surface area contributed by atoms with Crippen LogP contribution in [0.2, 0.25) is 0 Å². The van der Waals surface area contributed by atoms with Crippen molar-refractivity contribution in [1.29, 1.82) is 0 Å². The average Bonchev–Trinajstić information content (AvgIpc) is 3.35. The number of amides is 1. The Bertz CT molecular complexity index is 1200. The molecule has 6 heteroatoms. The first kappa shape index (κ1) is 19.9. The van der Waals surface area contributed by atoms with Crippen LogP contribution in [0.5, 0.6) is 0 Å². The lowest BCUT2D eigenvalue weighted by Crippen LogP contribution is -2.31. The molecule has 4 aromatic rings. The summed E-state index contributed by atoms with van der Waals surface area (Å²) in [6, 6.07) is 24.9. The molecule has 0 aliphatic carbocycles. The molecule has 32 heavy (non-hydrogen) atoms. The summed E-state index contributed by atoms with van der Waals surface area (Å²) in [5, 5.41) is 3.38. The molecule has 1 fully saturated rings. The summed E-state index contributed by atoms with van der Waals surface area (Å²) in [5.74, 6) is 1.35. The normalized spacial score (nSPS) is 15.5. The average molecular weight is 422 g/mol. The summed E-state index contributed by atoms with van der Waals surface area (Å²) in [5.41, 5.74) is 3.31. The number of para-hydroxylation sites is 1. The van der Waals surface area contributed by atoms with Gasteiger partial charge in [0.15, 0.2) is 5.82 Å². The highest BCUT2D eigenvalue weighted by atomic mass is 16.2. The van der Waals surface area contributed by atoms with Gasteiger partial charge in [-0.25, -0.2) is 9.97 Å². The first-order valence-corrected chi connectivity index (χ1v) is 10.8. The van der Waals surface area contributed by atoms with E-state index in [0.717, 1.165) is 29.8 Å². The van der Waals surface area contributed by atoms with Gasteiger partial charge in [-0.1, -0.05) is 36.4 Å². The van der Waals surface area contributed by atoms with E-state index < -0.39 is 0 Å². The lowest BCUT2D eigenvalue weighted by atomic mass is 10.1. The van der Waals surface area contributed by atoms with Crippen LogP contribution in [0.4, 0.5) is 11.5 Å². The second kappa shape index (κ2) is 8.98. The number of anilines is 2. The molecule has 0 spiro atoms. The van der Waals surface area contributed by atoms with Gasteiger partial charge in [0.05, 0.1) is 11.7 Å². The number of hydrogen-bond acceptors (Lipinski definition) is 5. The molecule has 1 N–H and O–H groups in total. The highest BCUT2D eigenvalue weighted by Gasteiger charge is 2.33. The van der Waals surface area contributed by atoms with Crippen molar-refractivity contribution < 1.29 is 4.79 Å². The third kappa shape index (κ3) is 4.21. The number of nitrogens with zero attached hydrogens (tertiary/aromatic N) is 4. The number of aromatic nitrogens is 3. The van der Waals surface area contributed by atoms with E-state index >= 15 is 0 Å². The number of likely N-dealkylation sites (tertiary alicyclic amines) is 1. The van der Waals surface area contributed by atoms with Crippen LogP contribution in [0, 0.1) is 0 Å². The van der Waals surface area contributed by atoms with Crippen molar-refractivity contribution in [2.24, 2.45) is 0 Å². The van der Waals surface area contributed by atoms with Gasteiger partial charge in [-0.15, -0.1) is 0 Å². The summed E-state index contributed by atoms with van der Waals surface area (Å²) >= 11 is 0. The molecule has 0 bridgehead atoms. The molecule has 0 saturated carbocycles. The maximum atomic E-state index is 13.2. The van der Waals surface area contributed by atoms with Crippen LogP contribution < -0.4 is 5.32 Å². The fraction of sp³-hybridized carbons (Fsp3) is 0.154. The summed E-state index contributed by atoms with van der Waals surface area (Å²) in [6.07, 6.45) is 5.29. The van der Waals surface area contributed by atoms with E-state index in [1.54, 1.807) is 12.4 Å². The van der Waals surface area contributed by atoms with Crippen molar-refractivity contribution in [3.63, 3.8) is 0 Å². The summed E-state index contributed by atoms with van der Waals surface area (Å²) in [6.45, 7) is 0.695. The molecule has 1 aliphatic rings. The third-order valence-electron chi connectivity index (χ3n) is 5.58. The van der Waals surface area contributed by atoms with Crippen LogP contribution in [-0.4, -0.2) is 32.3 Å². The molecule has 0 radical (unpaired) electrons. The second-order valence-electron chi connectivity index (χ2n) is 7.75. The van der Waals surface area contributed by atoms with E-state index in [0.29, 0.717) is 23.8 Å². The molecule has 1 atom stereocenters. The van der Waals surface area contributed by atoms with Gasteiger partial charge in [-0.05, 0) is 49.2 Å². The maximum Gasteiger partial charge on any atom is 0.254 e. The van der Waals surface area contributed by atoms with Crippen molar-refractivity contribution in [2.75, 3.05) is 11.9 Å². The number of rotatable bonds is 5. The molecule has 1 amide bonds. The van der Waals surface area contributed by atoms with Gasteiger partial charge in [0.1, 0.15) is 5.82 Å². The van der Waals surface area contributed by atoms with E-state index in [2.05, 4.69) is 10.3 Å². The zero-order chi connectivity index (χ0) is 21.8. The largest absolute Gasteiger partial charge is 0.340 e. The molecule has 3 heterocycles. The van der Waals surface area contributed by atoms with Crippen LogP contribution >= 0.6 is 0 Å². The van der Waals surface area contributed by atoms with Gasteiger partial charge in [0, 0.05) is 41.8 Å². The van der Waals surface area contributed by atoms with Crippen molar-refractivity contribution in [1.82, 2.24) is 19.9 Å². The zero-order valence-electron chi connectivity index (χ0n) is 17.6. The highest BCUT2D eigenvalue weighted by molar-refractivity contribution is 5.94. The first-order chi connectivity index (χ1) is 15.8. The van der Waals surface area contributed by atoms with Gasteiger partial charge in [0.25, 0.3) is 5.91 Å². The van der Waals surface area contributed by atoms with Crippen LogP contribution in [0.3, 0.4) is 0 Å². The van der Waals surface area contributed by atoms with Crippen molar-refractivity contribution in [3.05, 3.63) is 103 Å². The monoisotopic (exact) mass is 421 g/mol. The minimum atomic E-state index is -0.171. The predicted molar refractivity (Wildman–Crippen MR) is 124 cm³/mol. The lowest BCUT2D eigenvalue weighted by Gasteiger charge is -2.24. The molecular weight excluding hydrogens is 398 g/mol. The highest BCUT2D eigenvalue weighted by Crippen LogP contribution is 2.33. The molecule has 6 nitrogen and oxygen atoms in total. The number of carbonyl (C=O) groups excluding carboxylic acids is 1. The van der Waals surface area contributed by atoms with Gasteiger partial charge in [-0.3, -0.25) is 9.78 Å². The molecule has 2 aromatic carbocycles. The predicted octanol–water partition coefficient (Wildman–Crippen LogP) is 5.26. The Morgan fingerprint density at radius 2 is 1.72 bits per heavy atom. The number of nitrogens with one attached hydrogen (secondary N) is 1. The zero-order valence-corrected chi connectivity index (χ0v) is 17.6. The molecule has 2 aromatic heterocycles. The van der Waals surface area contributed by atoms with Crippen LogP contribution in [0.1, 0.15) is 35.1 Å². The Hall–Kier alpha value is -4.06. The van der Waals surface area contributed by atoms with E-state index in [1.165, 1.54) is 0 Å². The quantitative estimate of drug-likeness (QED) is 0.476. The SMILES string of the molecule is O=C(c1ccccc1)N1CCC[C@@H]1c1nc(Nc2ccccc2)cc(-c2cccnc2)n1.